The Hall–Kier alpha value is -0.460. The van der Waals surface area contributed by atoms with Gasteiger partial charge in [0.05, 0.1) is 15.7 Å². The van der Waals surface area contributed by atoms with Crippen LogP contribution in [0.3, 0.4) is 0 Å². The second kappa shape index (κ2) is 7.36. The lowest BCUT2D eigenvalue weighted by Gasteiger charge is -1.99. The molecule has 8 heteroatoms. The van der Waals surface area contributed by atoms with E-state index >= 15 is 0 Å². The number of nitrogens with zero attached hydrogens (tertiary/aromatic N) is 1. The van der Waals surface area contributed by atoms with Gasteiger partial charge in [0, 0.05) is 16.7 Å². The first-order chi connectivity index (χ1) is 8.56. The number of aromatic nitrogens is 1. The van der Waals surface area contributed by atoms with E-state index in [1.54, 1.807) is 12.1 Å². The van der Waals surface area contributed by atoms with Gasteiger partial charge in [-0.15, -0.1) is 23.7 Å². The molecular formula is C11H10Cl3N3S2. The molecule has 0 radical (unpaired) electrons. The SMILES string of the molecule is Cl.N=C(N)SCc1csc(-c2ccc(Cl)c(Cl)c2)n1. The van der Waals surface area contributed by atoms with E-state index in [0.29, 0.717) is 15.8 Å². The third kappa shape index (κ3) is 4.54. The number of thiazole rings is 1. The molecule has 0 atom stereocenters. The number of halogens is 3. The molecule has 19 heavy (non-hydrogen) atoms. The van der Waals surface area contributed by atoms with Crippen LogP contribution in [0, 0.1) is 5.41 Å². The molecular weight excluding hydrogens is 345 g/mol. The van der Waals surface area contributed by atoms with Gasteiger partial charge in [-0.25, -0.2) is 4.98 Å². The molecule has 1 aromatic heterocycles. The second-order valence-corrected chi connectivity index (χ2v) is 6.12. The molecule has 2 rings (SSSR count). The first kappa shape index (κ1) is 16.6. The van der Waals surface area contributed by atoms with Crippen LogP contribution in [0.15, 0.2) is 23.6 Å². The van der Waals surface area contributed by atoms with Gasteiger partial charge in [0.15, 0.2) is 5.17 Å². The van der Waals surface area contributed by atoms with Gasteiger partial charge in [-0.3, -0.25) is 5.41 Å². The van der Waals surface area contributed by atoms with E-state index < -0.39 is 0 Å². The normalized spacial score (nSPS) is 10.0. The zero-order valence-electron chi connectivity index (χ0n) is 9.52. The summed E-state index contributed by atoms with van der Waals surface area (Å²) >= 11 is 14.6. The topological polar surface area (TPSA) is 62.8 Å². The molecule has 102 valence electrons. The van der Waals surface area contributed by atoms with Crippen LogP contribution in [0.5, 0.6) is 0 Å². The average molecular weight is 355 g/mol. The summed E-state index contributed by atoms with van der Waals surface area (Å²) in [5.41, 5.74) is 7.13. The fourth-order valence-electron chi connectivity index (χ4n) is 1.29. The minimum Gasteiger partial charge on any atom is -0.379 e. The Balaban J connectivity index is 0.00000180. The summed E-state index contributed by atoms with van der Waals surface area (Å²) in [6, 6.07) is 5.43. The van der Waals surface area contributed by atoms with Crippen molar-refractivity contribution in [3.63, 3.8) is 0 Å². The van der Waals surface area contributed by atoms with Crippen LogP contribution in [-0.4, -0.2) is 10.2 Å². The molecule has 3 nitrogen and oxygen atoms in total. The van der Waals surface area contributed by atoms with Gasteiger partial charge < -0.3 is 5.73 Å². The van der Waals surface area contributed by atoms with Gasteiger partial charge in [-0.2, -0.15) is 0 Å². The highest BCUT2D eigenvalue weighted by Gasteiger charge is 2.07. The zero-order chi connectivity index (χ0) is 13.1. The summed E-state index contributed by atoms with van der Waals surface area (Å²) in [5, 5.41) is 11.1. The van der Waals surface area contributed by atoms with Crippen molar-refractivity contribution in [2.45, 2.75) is 5.75 Å². The number of rotatable bonds is 3. The maximum Gasteiger partial charge on any atom is 0.151 e. The molecule has 1 heterocycles. The summed E-state index contributed by atoms with van der Waals surface area (Å²) in [5.74, 6) is 0.604. The molecule has 0 aliphatic carbocycles. The number of nitrogens with one attached hydrogen (secondary N) is 1. The number of hydrogen-bond donors (Lipinski definition) is 2. The summed E-state index contributed by atoms with van der Waals surface area (Å²) < 4.78 is 0. The summed E-state index contributed by atoms with van der Waals surface area (Å²) in [6.45, 7) is 0. The predicted octanol–water partition coefficient (Wildman–Crippen LogP) is 4.67. The van der Waals surface area contributed by atoms with E-state index in [0.717, 1.165) is 16.3 Å². The number of nitrogens with two attached hydrogens (primary N) is 1. The number of thioether (sulfide) groups is 1. The molecule has 1 aromatic carbocycles. The van der Waals surface area contributed by atoms with Crippen LogP contribution in [0.1, 0.15) is 5.69 Å². The fraction of sp³-hybridized carbons (Fsp3) is 0.0909. The first-order valence-electron chi connectivity index (χ1n) is 4.93. The summed E-state index contributed by atoms with van der Waals surface area (Å²) in [4.78, 5) is 4.47. The molecule has 0 fully saturated rings. The molecule has 0 unspecified atom stereocenters. The van der Waals surface area contributed by atoms with E-state index in [2.05, 4.69) is 4.98 Å². The van der Waals surface area contributed by atoms with Crippen LogP contribution >= 0.6 is 58.7 Å². The van der Waals surface area contributed by atoms with E-state index in [1.165, 1.54) is 23.1 Å². The molecule has 0 spiro atoms. The lowest BCUT2D eigenvalue weighted by molar-refractivity contribution is 1.24. The first-order valence-corrected chi connectivity index (χ1v) is 7.55. The maximum atomic E-state index is 7.15. The molecule has 0 bridgehead atoms. The molecule has 3 N–H and O–H groups in total. The summed E-state index contributed by atoms with van der Waals surface area (Å²) in [6.07, 6.45) is 0. The van der Waals surface area contributed by atoms with Crippen LogP contribution in [0.4, 0.5) is 0 Å². The van der Waals surface area contributed by atoms with Crippen LogP contribution in [0.2, 0.25) is 10.0 Å². The van der Waals surface area contributed by atoms with Crippen molar-refractivity contribution in [1.82, 2.24) is 4.98 Å². The standard InChI is InChI=1S/C11H9Cl2N3S2.ClH/c12-8-2-1-6(3-9(8)13)10-16-7(4-17-10)5-18-11(14)15;/h1-4H,5H2,(H3,14,15);1H. The Labute approximate surface area is 135 Å². The Bertz CT molecular complexity index is 586. The Morgan fingerprint density at radius 3 is 2.74 bits per heavy atom. The third-order valence-corrected chi connectivity index (χ3v) is 4.52. The largest absolute Gasteiger partial charge is 0.379 e. The van der Waals surface area contributed by atoms with Crippen molar-refractivity contribution in [2.24, 2.45) is 5.73 Å². The van der Waals surface area contributed by atoms with Gasteiger partial charge in [0.2, 0.25) is 0 Å². The predicted molar refractivity (Wildman–Crippen MR) is 88.0 cm³/mol. The summed E-state index contributed by atoms with van der Waals surface area (Å²) in [7, 11) is 0. The highest BCUT2D eigenvalue weighted by Crippen LogP contribution is 2.30. The Kier molecular flexibility index (Phi) is 6.42. The molecule has 0 amide bonds. The van der Waals surface area contributed by atoms with E-state index in [4.69, 9.17) is 34.3 Å². The minimum absolute atomic E-state index is 0. The quantitative estimate of drug-likeness (QED) is 0.622. The highest BCUT2D eigenvalue weighted by molar-refractivity contribution is 8.13. The Morgan fingerprint density at radius 1 is 1.37 bits per heavy atom. The van der Waals surface area contributed by atoms with Crippen molar-refractivity contribution < 1.29 is 0 Å². The van der Waals surface area contributed by atoms with Gasteiger partial charge in [0.25, 0.3) is 0 Å². The molecule has 2 aromatic rings. The van der Waals surface area contributed by atoms with Crippen molar-refractivity contribution in [1.29, 1.82) is 5.41 Å². The monoisotopic (exact) mass is 353 g/mol. The minimum atomic E-state index is 0. The zero-order valence-corrected chi connectivity index (χ0v) is 13.5. The van der Waals surface area contributed by atoms with Crippen molar-refractivity contribution in [3.05, 3.63) is 39.3 Å². The lowest BCUT2D eigenvalue weighted by atomic mass is 10.2. The molecule has 0 aliphatic rings. The van der Waals surface area contributed by atoms with E-state index in [9.17, 15) is 0 Å². The van der Waals surface area contributed by atoms with Gasteiger partial charge in [-0.1, -0.05) is 41.0 Å². The van der Waals surface area contributed by atoms with Gasteiger partial charge in [0.1, 0.15) is 5.01 Å². The van der Waals surface area contributed by atoms with Crippen molar-refractivity contribution in [3.8, 4) is 10.6 Å². The van der Waals surface area contributed by atoms with Gasteiger partial charge in [-0.05, 0) is 12.1 Å². The smallest absolute Gasteiger partial charge is 0.151 e. The average Bonchev–Trinajstić information content (AvgIpc) is 2.79. The number of amidine groups is 1. The van der Waals surface area contributed by atoms with E-state index in [-0.39, 0.29) is 17.6 Å². The second-order valence-electron chi connectivity index (χ2n) is 3.43. The third-order valence-electron chi connectivity index (χ3n) is 2.09. The van der Waals surface area contributed by atoms with Crippen LogP contribution < -0.4 is 5.73 Å². The van der Waals surface area contributed by atoms with Crippen LogP contribution in [-0.2, 0) is 5.75 Å². The van der Waals surface area contributed by atoms with Crippen molar-refractivity contribution in [2.75, 3.05) is 0 Å². The fourth-order valence-corrected chi connectivity index (χ4v) is 2.96. The lowest BCUT2D eigenvalue weighted by Crippen LogP contribution is -2.03. The van der Waals surface area contributed by atoms with Gasteiger partial charge >= 0.3 is 0 Å². The molecule has 0 saturated carbocycles. The van der Waals surface area contributed by atoms with Crippen LogP contribution in [0.25, 0.3) is 10.6 Å². The highest BCUT2D eigenvalue weighted by atomic mass is 35.5. The number of benzene rings is 1. The van der Waals surface area contributed by atoms with E-state index in [1.807, 2.05) is 11.4 Å². The Morgan fingerprint density at radius 2 is 2.11 bits per heavy atom. The number of hydrogen-bond acceptors (Lipinski definition) is 4. The molecule has 0 saturated heterocycles. The van der Waals surface area contributed by atoms with Crippen molar-refractivity contribution >= 4 is 63.9 Å². The maximum absolute atomic E-state index is 7.15. The molecule has 0 aliphatic heterocycles.